The number of pyridine rings is 1. The summed E-state index contributed by atoms with van der Waals surface area (Å²) in [4.78, 5) is 146. The van der Waals surface area contributed by atoms with Crippen molar-refractivity contribution < 1.29 is 58.4 Å². The minimum atomic E-state index is -1.30. The van der Waals surface area contributed by atoms with E-state index in [1.165, 1.54) is 64.4 Å². The summed E-state index contributed by atoms with van der Waals surface area (Å²) >= 11 is 7.13. The second-order valence-electron chi connectivity index (χ2n) is 21.5. The third-order valence-electron chi connectivity index (χ3n) is 15.0. The number of hydrogen-bond acceptors (Lipinski definition) is 23. The van der Waals surface area contributed by atoms with Crippen LogP contribution in [0.15, 0.2) is 64.0 Å². The molecule has 470 valence electrons. The summed E-state index contributed by atoms with van der Waals surface area (Å²) in [5.74, 6) is -5.64. The van der Waals surface area contributed by atoms with Crippen LogP contribution in [0.3, 0.4) is 0 Å². The number of nitrogens with one attached hydrogen (secondary N) is 4. The Balaban J connectivity index is 1.05. The number of thiazole rings is 6. The number of aromatic nitrogens is 7. The molecule has 0 saturated carbocycles. The SMILES string of the molecule is CNC(=O)C[C@@H]1NC(=O)c2csc(n2)-c2ccc(-c3nc(N(CCCC(=O)O)C(=O)N4CCC(C(=O)O)CC4)cs3)nc2-c2csc(n2)-c2csc(n2)[C@H]([C@@H](O)c2ccccc2)NC(=O)CNC(=O)c2nc(sc2COC)C(C(C)C)CC(=O)c2nc1sc2C. The number of fused-ring (bicyclic) bond motifs is 14. The van der Waals surface area contributed by atoms with Gasteiger partial charge in [0.15, 0.2) is 5.78 Å². The number of benzene rings is 1. The molecule has 2 aliphatic rings. The minimum Gasteiger partial charge on any atom is -0.481 e. The molecule has 6 amide bonds. The van der Waals surface area contributed by atoms with Crippen LogP contribution in [-0.4, -0.2) is 143 Å². The van der Waals surface area contributed by atoms with E-state index >= 15 is 0 Å². The van der Waals surface area contributed by atoms with E-state index in [-0.39, 0.29) is 99.4 Å². The van der Waals surface area contributed by atoms with Crippen LogP contribution in [0.5, 0.6) is 0 Å². The number of carbonyl (C=O) groups is 8. The smallest absolute Gasteiger partial charge is 0.325 e. The Bertz CT molecular complexity index is 3980. The van der Waals surface area contributed by atoms with Gasteiger partial charge in [-0.05, 0) is 49.8 Å². The van der Waals surface area contributed by atoms with Gasteiger partial charge in [-0.3, -0.25) is 38.5 Å². The van der Waals surface area contributed by atoms with Gasteiger partial charge >= 0.3 is 18.0 Å². The van der Waals surface area contributed by atoms with E-state index < -0.39 is 78.2 Å². The zero-order valence-electron chi connectivity index (χ0n) is 49.1. The van der Waals surface area contributed by atoms with E-state index in [0.717, 1.165) is 22.7 Å². The number of ether oxygens (including phenoxy) is 1. The predicted molar refractivity (Wildman–Crippen MR) is 340 cm³/mol. The maximum atomic E-state index is 14.4. The number of Topliss-reactive ketones (excluding diaryl/α,β-unsaturated/α-hetero) is 1. The maximum absolute atomic E-state index is 14.4. The summed E-state index contributed by atoms with van der Waals surface area (Å²) in [5, 5.41) is 51.2. The number of aliphatic carboxylic acids is 2. The first-order chi connectivity index (χ1) is 43.3. The number of likely N-dealkylation sites (tertiary alicyclic amines) is 1. The maximum Gasteiger partial charge on any atom is 0.325 e. The zero-order chi connectivity index (χ0) is 63.9. The Morgan fingerprint density at radius 2 is 1.46 bits per heavy atom. The molecule has 0 spiro atoms. The van der Waals surface area contributed by atoms with Gasteiger partial charge in [0.25, 0.3) is 11.8 Å². The van der Waals surface area contributed by atoms with Gasteiger partial charge in [-0.15, -0.1) is 68.0 Å². The lowest BCUT2D eigenvalue weighted by Gasteiger charge is -2.34. The molecule has 10 bridgehead atoms. The number of amides is 6. The van der Waals surface area contributed by atoms with E-state index in [4.69, 9.17) is 39.6 Å². The Morgan fingerprint density at radius 3 is 2.18 bits per heavy atom. The molecule has 8 aromatic rings. The first kappa shape index (κ1) is 64.8. The molecule has 7 N–H and O–H groups in total. The van der Waals surface area contributed by atoms with E-state index in [0.29, 0.717) is 73.7 Å². The van der Waals surface area contributed by atoms with Crippen LogP contribution < -0.4 is 26.2 Å². The fraction of sp³-hybridized carbons (Fsp3) is 0.373. The largest absolute Gasteiger partial charge is 0.481 e. The molecule has 1 unspecified atom stereocenters. The Morgan fingerprint density at radius 1 is 0.756 bits per heavy atom. The van der Waals surface area contributed by atoms with Crippen LogP contribution in [0.25, 0.3) is 43.4 Å². The fourth-order valence-electron chi connectivity index (χ4n) is 10.1. The van der Waals surface area contributed by atoms with E-state index in [9.17, 15) is 53.7 Å². The normalized spacial score (nSPS) is 17.3. The number of aryl methyl sites for hydroxylation is 1. The number of nitrogens with zero attached hydrogens (tertiary/aromatic N) is 9. The third-order valence-corrected chi connectivity index (χ3v) is 20.8. The molecule has 2 aliphatic heterocycles. The molecule has 0 radical (unpaired) electrons. The summed E-state index contributed by atoms with van der Waals surface area (Å²) in [5.41, 5.74) is 2.55. The molecule has 9 heterocycles. The van der Waals surface area contributed by atoms with E-state index in [1.807, 2.05) is 13.8 Å². The van der Waals surface area contributed by atoms with E-state index in [2.05, 4.69) is 21.3 Å². The Kier molecular flexibility index (Phi) is 20.7. The lowest BCUT2D eigenvalue weighted by molar-refractivity contribution is -0.143. The molecule has 7 aromatic heterocycles. The summed E-state index contributed by atoms with van der Waals surface area (Å²) < 4.78 is 5.47. The summed E-state index contributed by atoms with van der Waals surface area (Å²) in [7, 11) is 2.94. The average Bonchev–Trinajstić information content (AvgIpc) is 1.76. The molecular weight excluding hydrogens is 1280 g/mol. The van der Waals surface area contributed by atoms with Crippen LogP contribution in [0.4, 0.5) is 10.6 Å². The summed E-state index contributed by atoms with van der Waals surface area (Å²) in [6.45, 7) is 5.50. The number of urea groups is 1. The highest BCUT2D eigenvalue weighted by atomic mass is 32.1. The van der Waals surface area contributed by atoms with Crippen LogP contribution in [0, 0.1) is 18.8 Å². The van der Waals surface area contributed by atoms with Gasteiger partial charge in [0, 0.05) is 84.5 Å². The molecule has 10 rings (SSSR count). The molecule has 25 nitrogen and oxygen atoms in total. The van der Waals surface area contributed by atoms with Crippen molar-refractivity contribution in [3.63, 3.8) is 0 Å². The van der Waals surface area contributed by atoms with Crippen molar-refractivity contribution in [1.29, 1.82) is 0 Å². The number of rotatable bonds is 14. The lowest BCUT2D eigenvalue weighted by Crippen LogP contribution is -2.48. The number of aliphatic hydroxyl groups is 1. The summed E-state index contributed by atoms with van der Waals surface area (Å²) in [6.07, 6.45) is -1.15. The standard InChI is InChI=1S/C59H61N13O12S6/c1-28(2)33-20-39(73)45-29(3)89-56(69-45)35(21-42(74)60-4)63-50(79)37-25-85-52(65-37)32-13-14-34(54-67-41(27-88-54)72(17-9-12-44(76)77)59(83)71-18-15-31(16-19-71)58(81)82)62-46(32)36-24-86-55(64-36)38-26-87-57(66-38)48(49(78)30-10-7-6-8-11-30)68-43(75)22-61-51(80)47-40(23-84-5)90-53(33)70-47/h6-8,10-11,13-14,24-28,31,33,35,48-49,78H,9,12,15-23H2,1-5H3,(H,60,74)(H,61,80)(H,63,79)(H,68,75)(H,76,77)(H,81,82)/t33?,35-,48-,49-/m0/s1. The van der Waals surface area contributed by atoms with Gasteiger partial charge in [-0.25, -0.2) is 39.7 Å². The van der Waals surface area contributed by atoms with Crippen LogP contribution in [-0.2, 0) is 30.5 Å². The highest BCUT2D eigenvalue weighted by Gasteiger charge is 2.35. The van der Waals surface area contributed by atoms with Gasteiger partial charge in [-0.2, -0.15) is 0 Å². The van der Waals surface area contributed by atoms with Gasteiger partial charge in [-0.1, -0.05) is 44.2 Å². The molecule has 1 aromatic carbocycles. The number of methoxy groups -OCH3 is 1. The van der Waals surface area contributed by atoms with Crippen molar-refractivity contribution in [2.45, 2.75) is 90.0 Å². The third kappa shape index (κ3) is 14.8. The lowest BCUT2D eigenvalue weighted by atomic mass is 9.90. The number of carboxylic acid groups (broad SMARTS) is 2. The first-order valence-corrected chi connectivity index (χ1v) is 33.6. The molecule has 4 atom stereocenters. The van der Waals surface area contributed by atoms with E-state index in [1.54, 1.807) is 75.8 Å². The predicted octanol–water partition coefficient (Wildman–Crippen LogP) is 8.79. The monoisotopic (exact) mass is 1340 g/mol. The van der Waals surface area contributed by atoms with Gasteiger partial charge < -0.3 is 46.2 Å². The fourth-order valence-corrected chi connectivity index (χ4v) is 15.8. The number of piperidine rings is 1. The number of anilines is 1. The van der Waals surface area contributed by atoms with Crippen molar-refractivity contribution in [2.24, 2.45) is 11.8 Å². The quantitative estimate of drug-likeness (QED) is 0.0534. The minimum absolute atomic E-state index is 0.00213. The van der Waals surface area contributed by atoms with Gasteiger partial charge in [0.05, 0.1) is 47.1 Å². The van der Waals surface area contributed by atoms with Crippen molar-refractivity contribution in [1.82, 2.24) is 61.1 Å². The summed E-state index contributed by atoms with van der Waals surface area (Å²) in [6, 6.07) is 9.64. The number of carbonyl (C=O) groups excluding carboxylic acids is 6. The molecule has 90 heavy (non-hydrogen) atoms. The number of hydrogen-bond donors (Lipinski definition) is 7. The molecule has 1 fully saturated rings. The highest BCUT2D eigenvalue weighted by molar-refractivity contribution is 7.15. The first-order valence-electron chi connectivity index (χ1n) is 28.4. The average molecular weight is 1340 g/mol. The Labute approximate surface area is 539 Å². The second kappa shape index (κ2) is 28.8. The van der Waals surface area contributed by atoms with Crippen molar-refractivity contribution in [2.75, 3.05) is 45.2 Å². The van der Waals surface area contributed by atoms with Crippen molar-refractivity contribution in [3.8, 4) is 43.4 Å². The van der Waals surface area contributed by atoms with Gasteiger partial charge in [0.2, 0.25) is 11.8 Å². The zero-order valence-corrected chi connectivity index (χ0v) is 54.0. The van der Waals surface area contributed by atoms with Crippen molar-refractivity contribution in [3.05, 3.63) is 111 Å². The molecule has 31 heteroatoms. The van der Waals surface area contributed by atoms with Crippen molar-refractivity contribution >= 4 is 121 Å². The van der Waals surface area contributed by atoms with Crippen LogP contribution >= 0.6 is 68.0 Å². The van der Waals surface area contributed by atoms with Crippen LogP contribution in [0.1, 0.15) is 138 Å². The highest BCUT2D eigenvalue weighted by Crippen LogP contribution is 2.41. The van der Waals surface area contributed by atoms with Crippen LogP contribution in [0.2, 0.25) is 0 Å². The Hall–Kier alpha value is -8.17. The number of ketones is 1. The number of aliphatic hydroxyl groups excluding tert-OH is 1. The second-order valence-corrected chi connectivity index (χ2v) is 27.3. The topological polar surface area (TPSA) is 351 Å². The number of carboxylic acids is 2. The molecule has 0 aliphatic carbocycles. The van der Waals surface area contributed by atoms with Gasteiger partial charge in [0.1, 0.15) is 77.2 Å². The molecule has 1 saturated heterocycles. The molecular formula is C59H61N13O12S6.